The Morgan fingerprint density at radius 1 is 1.32 bits per heavy atom. The first kappa shape index (κ1) is 12.1. The molecule has 3 heterocycles. The van der Waals surface area contributed by atoms with E-state index in [9.17, 15) is 0 Å². The number of nitrogens with zero attached hydrogens (tertiary/aromatic N) is 5. The first-order valence-corrected chi connectivity index (χ1v) is 6.38. The number of fused-ring (bicyclic) bond motifs is 1. The van der Waals surface area contributed by atoms with Crippen molar-refractivity contribution in [3.8, 4) is 0 Å². The molecule has 0 bridgehead atoms. The highest BCUT2D eigenvalue weighted by molar-refractivity contribution is 5.82. The molecule has 100 valence electrons. The molecule has 0 radical (unpaired) electrons. The van der Waals surface area contributed by atoms with E-state index in [0.29, 0.717) is 12.2 Å². The number of aromatic amines is 1. The minimum atomic E-state index is 0.689. The molecule has 0 atom stereocenters. The van der Waals surface area contributed by atoms with Crippen LogP contribution < -0.4 is 10.3 Å². The highest BCUT2D eigenvalue weighted by Gasteiger charge is 2.21. The van der Waals surface area contributed by atoms with Gasteiger partial charge in [0, 0.05) is 26.2 Å². The van der Waals surface area contributed by atoms with E-state index in [4.69, 9.17) is 0 Å². The second-order valence-electron chi connectivity index (χ2n) is 4.37. The van der Waals surface area contributed by atoms with E-state index >= 15 is 0 Å². The van der Waals surface area contributed by atoms with Crippen molar-refractivity contribution >= 4 is 17.0 Å². The minimum Gasteiger partial charge on any atom is -0.340 e. The van der Waals surface area contributed by atoms with Crippen molar-refractivity contribution in [2.45, 2.75) is 0 Å². The van der Waals surface area contributed by atoms with Crippen molar-refractivity contribution in [2.75, 3.05) is 37.7 Å². The molecule has 1 saturated heterocycles. The summed E-state index contributed by atoms with van der Waals surface area (Å²) in [5, 5.41) is 7.76. The number of hydrogen-bond donors (Lipinski definition) is 2. The lowest BCUT2D eigenvalue weighted by Crippen LogP contribution is -2.53. The van der Waals surface area contributed by atoms with E-state index in [2.05, 4.69) is 41.8 Å². The molecule has 1 fully saturated rings. The van der Waals surface area contributed by atoms with Crippen molar-refractivity contribution in [3.05, 3.63) is 25.3 Å². The summed E-state index contributed by atoms with van der Waals surface area (Å²) in [5.74, 6) is 0.851. The van der Waals surface area contributed by atoms with Gasteiger partial charge in [0.1, 0.15) is 11.8 Å². The van der Waals surface area contributed by atoms with Gasteiger partial charge in [0.2, 0.25) is 0 Å². The standard InChI is InChI=1S/C12H17N7/c1-2-5-19(18-6-3-13-4-7-18)12-10-11(15-8-14-10)16-9-17-12/h2,8-9,13H,1,3-7H2,(H,14,15,16,17). The smallest absolute Gasteiger partial charge is 0.182 e. The number of hydrazine groups is 1. The van der Waals surface area contributed by atoms with Gasteiger partial charge in [-0.05, 0) is 0 Å². The molecule has 19 heavy (non-hydrogen) atoms. The Morgan fingerprint density at radius 2 is 2.16 bits per heavy atom. The van der Waals surface area contributed by atoms with Crippen molar-refractivity contribution in [1.29, 1.82) is 0 Å². The molecule has 7 heteroatoms. The second-order valence-corrected chi connectivity index (χ2v) is 4.37. The van der Waals surface area contributed by atoms with Gasteiger partial charge in [-0.25, -0.2) is 20.0 Å². The van der Waals surface area contributed by atoms with Crippen LogP contribution in [0.25, 0.3) is 11.2 Å². The maximum absolute atomic E-state index is 4.41. The van der Waals surface area contributed by atoms with E-state index in [1.807, 2.05) is 6.08 Å². The summed E-state index contributed by atoms with van der Waals surface area (Å²) in [6.45, 7) is 8.41. The maximum Gasteiger partial charge on any atom is 0.182 e. The molecule has 7 nitrogen and oxygen atoms in total. The predicted octanol–water partition coefficient (Wildman–Crippen LogP) is 0.166. The lowest BCUT2D eigenvalue weighted by molar-refractivity contribution is 0.224. The van der Waals surface area contributed by atoms with Gasteiger partial charge in [0.25, 0.3) is 0 Å². The Kier molecular flexibility index (Phi) is 3.39. The average Bonchev–Trinajstić information content (AvgIpc) is 2.94. The largest absolute Gasteiger partial charge is 0.340 e. The topological polar surface area (TPSA) is 73.0 Å². The third-order valence-electron chi connectivity index (χ3n) is 3.18. The quantitative estimate of drug-likeness (QED) is 0.762. The predicted molar refractivity (Wildman–Crippen MR) is 73.7 cm³/mol. The third-order valence-corrected chi connectivity index (χ3v) is 3.18. The monoisotopic (exact) mass is 259 g/mol. The molecular formula is C12H17N7. The summed E-state index contributed by atoms with van der Waals surface area (Å²) in [5.41, 5.74) is 1.55. The first-order valence-electron chi connectivity index (χ1n) is 6.38. The van der Waals surface area contributed by atoms with Gasteiger partial charge in [-0.15, -0.1) is 6.58 Å². The van der Waals surface area contributed by atoms with Gasteiger partial charge < -0.3 is 10.3 Å². The SMILES string of the molecule is C=CCN(c1ncnc2nc[nH]c12)N1CCNCC1. The molecule has 2 N–H and O–H groups in total. The molecule has 2 aromatic rings. The molecule has 0 spiro atoms. The van der Waals surface area contributed by atoms with E-state index in [0.717, 1.165) is 37.5 Å². The molecule has 2 aromatic heterocycles. The number of nitrogens with one attached hydrogen (secondary N) is 2. The fourth-order valence-corrected chi connectivity index (χ4v) is 2.30. The van der Waals surface area contributed by atoms with Gasteiger partial charge in [-0.1, -0.05) is 6.08 Å². The normalized spacial score (nSPS) is 16.6. The van der Waals surface area contributed by atoms with Crippen molar-refractivity contribution in [3.63, 3.8) is 0 Å². The molecule has 3 rings (SSSR count). The molecule has 0 aromatic carbocycles. The van der Waals surface area contributed by atoms with Crippen LogP contribution in [0.15, 0.2) is 25.3 Å². The van der Waals surface area contributed by atoms with Gasteiger partial charge in [-0.2, -0.15) is 0 Å². The van der Waals surface area contributed by atoms with Crippen LogP contribution in [-0.4, -0.2) is 57.7 Å². The average molecular weight is 259 g/mol. The molecule has 1 aliphatic rings. The summed E-state index contributed by atoms with van der Waals surface area (Å²) in [6.07, 6.45) is 5.08. The van der Waals surface area contributed by atoms with E-state index in [-0.39, 0.29) is 0 Å². The first-order chi connectivity index (χ1) is 9.40. The van der Waals surface area contributed by atoms with Gasteiger partial charge in [0.05, 0.1) is 12.9 Å². The highest BCUT2D eigenvalue weighted by atomic mass is 15.6. The van der Waals surface area contributed by atoms with Crippen LogP contribution in [0.1, 0.15) is 0 Å². The summed E-state index contributed by atoms with van der Waals surface area (Å²) in [7, 11) is 0. The lowest BCUT2D eigenvalue weighted by atomic mass is 10.4. The zero-order valence-corrected chi connectivity index (χ0v) is 10.7. The van der Waals surface area contributed by atoms with Crippen molar-refractivity contribution in [1.82, 2.24) is 30.3 Å². The fraction of sp³-hybridized carbons (Fsp3) is 0.417. The molecule has 0 aliphatic carbocycles. The van der Waals surface area contributed by atoms with Crippen LogP contribution >= 0.6 is 0 Å². The van der Waals surface area contributed by atoms with Crippen molar-refractivity contribution in [2.24, 2.45) is 0 Å². The van der Waals surface area contributed by atoms with Crippen LogP contribution in [-0.2, 0) is 0 Å². The number of piperazine rings is 1. The highest BCUT2D eigenvalue weighted by Crippen LogP contribution is 2.21. The zero-order valence-electron chi connectivity index (χ0n) is 10.7. The number of anilines is 1. The number of rotatable bonds is 4. The summed E-state index contributed by atoms with van der Waals surface area (Å²) in [6, 6.07) is 0. The molecular weight excluding hydrogens is 242 g/mol. The van der Waals surface area contributed by atoms with E-state index in [1.54, 1.807) is 12.7 Å². The Balaban J connectivity index is 1.98. The molecule has 0 amide bonds. The van der Waals surface area contributed by atoms with Crippen LogP contribution in [0.2, 0.25) is 0 Å². The number of aromatic nitrogens is 4. The fourth-order valence-electron chi connectivity index (χ4n) is 2.30. The molecule has 0 saturated carbocycles. The van der Waals surface area contributed by atoms with Crippen LogP contribution in [0.5, 0.6) is 0 Å². The lowest BCUT2D eigenvalue weighted by Gasteiger charge is -2.37. The third kappa shape index (κ3) is 2.29. The van der Waals surface area contributed by atoms with Crippen LogP contribution in [0.3, 0.4) is 0 Å². The summed E-state index contributed by atoms with van der Waals surface area (Å²) in [4.78, 5) is 15.8. The Hall–Kier alpha value is -1.99. The van der Waals surface area contributed by atoms with Crippen LogP contribution in [0.4, 0.5) is 5.82 Å². The Bertz CT molecular complexity index is 558. The Labute approximate surface area is 111 Å². The second kappa shape index (κ2) is 5.33. The van der Waals surface area contributed by atoms with Gasteiger partial charge in [-0.3, -0.25) is 5.01 Å². The zero-order chi connectivity index (χ0) is 13.1. The van der Waals surface area contributed by atoms with Gasteiger partial charge >= 0.3 is 0 Å². The molecule has 0 unspecified atom stereocenters. The van der Waals surface area contributed by atoms with Crippen LogP contribution in [0, 0.1) is 0 Å². The maximum atomic E-state index is 4.41. The van der Waals surface area contributed by atoms with E-state index in [1.165, 1.54) is 0 Å². The van der Waals surface area contributed by atoms with Gasteiger partial charge in [0.15, 0.2) is 11.5 Å². The van der Waals surface area contributed by atoms with E-state index < -0.39 is 0 Å². The minimum absolute atomic E-state index is 0.689. The number of hydrogen-bond acceptors (Lipinski definition) is 6. The van der Waals surface area contributed by atoms with Crippen molar-refractivity contribution < 1.29 is 0 Å². The number of imidazole rings is 1. The molecule has 1 aliphatic heterocycles. The Morgan fingerprint density at radius 3 is 2.95 bits per heavy atom. The number of H-pyrrole nitrogens is 1. The summed E-state index contributed by atoms with van der Waals surface area (Å²) >= 11 is 0. The summed E-state index contributed by atoms with van der Waals surface area (Å²) < 4.78 is 0.